The van der Waals surface area contributed by atoms with Gasteiger partial charge in [-0.15, -0.1) is 0 Å². The smallest absolute Gasteiger partial charge is 0.220 e. The number of carbonyl (C=O) groups excluding carboxylic acids is 2. The van der Waals surface area contributed by atoms with E-state index < -0.39 is 0 Å². The van der Waals surface area contributed by atoms with Crippen molar-refractivity contribution in [3.63, 3.8) is 0 Å². The second-order valence-corrected chi connectivity index (χ2v) is 3.83. The summed E-state index contributed by atoms with van der Waals surface area (Å²) >= 11 is 0. The lowest BCUT2D eigenvalue weighted by Gasteiger charge is -2.12. The zero-order chi connectivity index (χ0) is 9.84. The number of rotatable bonds is 4. The lowest BCUT2D eigenvalue weighted by molar-refractivity contribution is -0.123. The molecule has 3 nitrogen and oxygen atoms in total. The van der Waals surface area contributed by atoms with Gasteiger partial charge in [-0.25, -0.2) is 0 Å². The summed E-state index contributed by atoms with van der Waals surface area (Å²) in [4.78, 5) is 22.2. The van der Waals surface area contributed by atoms with E-state index >= 15 is 0 Å². The van der Waals surface area contributed by atoms with Crippen LogP contribution in [0.15, 0.2) is 0 Å². The maximum absolute atomic E-state index is 11.3. The summed E-state index contributed by atoms with van der Waals surface area (Å²) in [6.45, 7) is 4.59. The predicted octanol–water partition coefficient (Wildman–Crippen LogP) is 1.13. The quantitative estimate of drug-likeness (QED) is 0.710. The minimum Gasteiger partial charge on any atom is -0.356 e. The number of hydrogen-bond donors (Lipinski definition) is 1. The monoisotopic (exact) mass is 183 g/mol. The molecule has 1 aliphatic rings. The fraction of sp³-hybridized carbons (Fsp3) is 0.800. The van der Waals surface area contributed by atoms with Crippen molar-refractivity contribution in [3.05, 3.63) is 0 Å². The van der Waals surface area contributed by atoms with Crippen LogP contribution in [-0.4, -0.2) is 18.2 Å². The van der Waals surface area contributed by atoms with Crippen molar-refractivity contribution < 1.29 is 9.59 Å². The lowest BCUT2D eigenvalue weighted by Crippen LogP contribution is -2.17. The molecule has 1 N–H and O–H groups in total. The Kier molecular flexibility index (Phi) is 3.46. The van der Waals surface area contributed by atoms with E-state index in [9.17, 15) is 9.59 Å². The maximum Gasteiger partial charge on any atom is 0.220 e. The molecule has 0 aromatic carbocycles. The van der Waals surface area contributed by atoms with E-state index in [4.69, 9.17) is 0 Å². The van der Waals surface area contributed by atoms with Crippen LogP contribution in [0.3, 0.4) is 0 Å². The molecule has 0 spiro atoms. The van der Waals surface area contributed by atoms with Gasteiger partial charge < -0.3 is 5.32 Å². The Labute approximate surface area is 78.9 Å². The van der Waals surface area contributed by atoms with Crippen molar-refractivity contribution in [2.45, 2.75) is 33.1 Å². The second kappa shape index (κ2) is 4.40. The number of Topliss-reactive ketones (excluding diaryl/α,β-unsaturated/α-hetero) is 1. The molecule has 0 aromatic heterocycles. The second-order valence-electron chi connectivity index (χ2n) is 3.83. The normalized spacial score (nSPS) is 24.2. The molecule has 3 heteroatoms. The van der Waals surface area contributed by atoms with Gasteiger partial charge in [0.05, 0.1) is 0 Å². The molecule has 13 heavy (non-hydrogen) atoms. The highest BCUT2D eigenvalue weighted by Gasteiger charge is 2.24. The highest BCUT2D eigenvalue weighted by atomic mass is 16.2. The Balaban J connectivity index is 2.32. The number of nitrogens with one attached hydrogen (secondary N) is 1. The molecule has 1 aliphatic heterocycles. The molecule has 0 bridgehead atoms. The zero-order valence-electron chi connectivity index (χ0n) is 8.30. The van der Waals surface area contributed by atoms with Gasteiger partial charge in [-0.05, 0) is 12.3 Å². The summed E-state index contributed by atoms with van der Waals surface area (Å²) < 4.78 is 0. The largest absolute Gasteiger partial charge is 0.356 e. The van der Waals surface area contributed by atoms with Crippen molar-refractivity contribution in [1.29, 1.82) is 0 Å². The molecule has 0 aromatic rings. The Morgan fingerprint density at radius 3 is 2.85 bits per heavy atom. The van der Waals surface area contributed by atoms with Crippen molar-refractivity contribution in [3.8, 4) is 0 Å². The Bertz CT molecular complexity index is 213. The Morgan fingerprint density at radius 1 is 1.69 bits per heavy atom. The number of carbonyl (C=O) groups is 2. The van der Waals surface area contributed by atoms with Crippen molar-refractivity contribution >= 4 is 11.7 Å². The third-order valence-electron chi connectivity index (χ3n) is 2.65. The van der Waals surface area contributed by atoms with Gasteiger partial charge in [0.1, 0.15) is 5.78 Å². The van der Waals surface area contributed by atoms with Crippen LogP contribution in [0.2, 0.25) is 0 Å². The lowest BCUT2D eigenvalue weighted by atomic mass is 9.91. The summed E-state index contributed by atoms with van der Waals surface area (Å²) in [5, 5.41) is 2.78. The molecule has 2 unspecified atom stereocenters. The first-order valence-corrected chi connectivity index (χ1v) is 4.93. The standard InChI is InChI=1S/C10H17NO2/c1-3-9(12)7(2)4-8-5-10(13)11-6-8/h7-8H,3-6H2,1-2H3,(H,11,13). The molecular formula is C10H17NO2. The molecule has 1 fully saturated rings. The summed E-state index contributed by atoms with van der Waals surface area (Å²) in [5.41, 5.74) is 0. The Morgan fingerprint density at radius 2 is 2.38 bits per heavy atom. The number of amides is 1. The van der Waals surface area contributed by atoms with Crippen LogP contribution in [0.1, 0.15) is 33.1 Å². The first-order valence-electron chi connectivity index (χ1n) is 4.93. The minimum absolute atomic E-state index is 0.114. The van der Waals surface area contributed by atoms with E-state index in [2.05, 4.69) is 5.32 Å². The van der Waals surface area contributed by atoms with Crippen LogP contribution in [-0.2, 0) is 9.59 Å². The zero-order valence-corrected chi connectivity index (χ0v) is 8.30. The molecule has 0 saturated carbocycles. The maximum atomic E-state index is 11.3. The third kappa shape index (κ3) is 2.83. The van der Waals surface area contributed by atoms with Gasteiger partial charge in [0, 0.05) is 25.3 Å². The van der Waals surface area contributed by atoms with Crippen molar-refractivity contribution in [1.82, 2.24) is 5.32 Å². The molecule has 2 atom stereocenters. The highest BCUT2D eigenvalue weighted by Crippen LogP contribution is 2.20. The average Bonchev–Trinajstić information content (AvgIpc) is 2.49. The van der Waals surface area contributed by atoms with Gasteiger partial charge in [0.15, 0.2) is 0 Å². The first-order chi connectivity index (χ1) is 6.13. The van der Waals surface area contributed by atoms with Crippen LogP contribution >= 0.6 is 0 Å². The summed E-state index contributed by atoms with van der Waals surface area (Å²) in [5.74, 6) is 0.918. The van der Waals surface area contributed by atoms with E-state index in [1.165, 1.54) is 0 Å². The molecule has 1 rings (SSSR count). The molecule has 1 saturated heterocycles. The Hall–Kier alpha value is -0.860. The van der Waals surface area contributed by atoms with E-state index in [0.717, 1.165) is 13.0 Å². The minimum atomic E-state index is 0.114. The van der Waals surface area contributed by atoms with Crippen LogP contribution in [0.25, 0.3) is 0 Å². The van der Waals surface area contributed by atoms with Gasteiger partial charge in [-0.1, -0.05) is 13.8 Å². The first kappa shape index (κ1) is 10.2. The van der Waals surface area contributed by atoms with Gasteiger partial charge >= 0.3 is 0 Å². The SMILES string of the molecule is CCC(=O)C(C)CC1CNC(=O)C1. The fourth-order valence-corrected chi connectivity index (χ4v) is 1.81. The molecule has 0 radical (unpaired) electrons. The van der Waals surface area contributed by atoms with Crippen LogP contribution < -0.4 is 5.32 Å². The molecule has 74 valence electrons. The summed E-state index contributed by atoms with van der Waals surface area (Å²) in [6.07, 6.45) is 2.06. The third-order valence-corrected chi connectivity index (χ3v) is 2.65. The van der Waals surface area contributed by atoms with Gasteiger partial charge in [-0.3, -0.25) is 9.59 Å². The van der Waals surface area contributed by atoms with Gasteiger partial charge in [-0.2, -0.15) is 0 Å². The molecule has 1 heterocycles. The van der Waals surface area contributed by atoms with Crippen LogP contribution in [0.4, 0.5) is 0 Å². The fourth-order valence-electron chi connectivity index (χ4n) is 1.81. The highest BCUT2D eigenvalue weighted by molar-refractivity contribution is 5.81. The molecular weight excluding hydrogens is 166 g/mol. The van der Waals surface area contributed by atoms with E-state index in [-0.39, 0.29) is 11.8 Å². The number of ketones is 1. The van der Waals surface area contributed by atoms with Crippen molar-refractivity contribution in [2.75, 3.05) is 6.54 Å². The van der Waals surface area contributed by atoms with E-state index in [1.54, 1.807) is 0 Å². The average molecular weight is 183 g/mol. The van der Waals surface area contributed by atoms with Gasteiger partial charge in [0.25, 0.3) is 0 Å². The van der Waals surface area contributed by atoms with Crippen LogP contribution in [0.5, 0.6) is 0 Å². The van der Waals surface area contributed by atoms with E-state index in [1.807, 2.05) is 13.8 Å². The van der Waals surface area contributed by atoms with Gasteiger partial charge in [0.2, 0.25) is 5.91 Å². The topological polar surface area (TPSA) is 46.2 Å². The summed E-state index contributed by atoms with van der Waals surface area (Å²) in [6, 6.07) is 0. The van der Waals surface area contributed by atoms with Crippen LogP contribution in [0, 0.1) is 11.8 Å². The summed E-state index contributed by atoms with van der Waals surface area (Å²) in [7, 11) is 0. The van der Waals surface area contributed by atoms with E-state index in [0.29, 0.717) is 24.5 Å². The molecule has 0 aliphatic carbocycles. The molecule has 1 amide bonds. The van der Waals surface area contributed by atoms with Crippen molar-refractivity contribution in [2.24, 2.45) is 11.8 Å². The number of hydrogen-bond acceptors (Lipinski definition) is 2. The predicted molar refractivity (Wildman–Crippen MR) is 50.2 cm³/mol.